The minimum Gasteiger partial charge on any atom is -0.329 e. The number of pyridine rings is 1. The van der Waals surface area contributed by atoms with Crippen molar-refractivity contribution in [3.63, 3.8) is 0 Å². The van der Waals surface area contributed by atoms with Crippen LogP contribution in [0.1, 0.15) is 15.9 Å². The van der Waals surface area contributed by atoms with Gasteiger partial charge in [0.2, 0.25) is 0 Å². The van der Waals surface area contributed by atoms with Crippen LogP contribution < -0.4 is 10.2 Å². The molecule has 138 valence electrons. The summed E-state index contributed by atoms with van der Waals surface area (Å²) >= 11 is 0. The number of hydrogen-bond acceptors (Lipinski definition) is 3. The Morgan fingerprint density at radius 2 is 1.63 bits per heavy atom. The predicted molar refractivity (Wildman–Crippen MR) is 98.1 cm³/mol. The Hall–Kier alpha value is -3.35. The first-order chi connectivity index (χ1) is 12.9. The molecule has 4 nitrogen and oxygen atoms in total. The van der Waals surface area contributed by atoms with Crippen molar-refractivity contribution in [3.05, 3.63) is 84.1 Å². The normalized spacial score (nSPS) is 11.1. The number of nitrogens with zero attached hydrogens (tertiary/aromatic N) is 2. The van der Waals surface area contributed by atoms with Gasteiger partial charge in [0.15, 0.2) is 0 Å². The molecule has 3 aromatic rings. The van der Waals surface area contributed by atoms with Crippen LogP contribution in [0, 0.1) is 0 Å². The highest BCUT2D eigenvalue weighted by Gasteiger charge is 2.33. The highest BCUT2D eigenvalue weighted by Crippen LogP contribution is 2.34. The molecule has 0 radical (unpaired) electrons. The van der Waals surface area contributed by atoms with Crippen LogP contribution in [-0.4, -0.2) is 17.9 Å². The van der Waals surface area contributed by atoms with Crippen molar-refractivity contribution in [2.75, 3.05) is 17.3 Å². The van der Waals surface area contributed by atoms with Gasteiger partial charge in [-0.1, -0.05) is 30.3 Å². The maximum atomic E-state index is 13.0. The molecule has 1 heterocycles. The van der Waals surface area contributed by atoms with Crippen LogP contribution in [0.5, 0.6) is 0 Å². The number of anilines is 3. The van der Waals surface area contributed by atoms with Crippen molar-refractivity contribution in [2.24, 2.45) is 0 Å². The molecular weight excluding hydrogens is 355 g/mol. The van der Waals surface area contributed by atoms with Crippen LogP contribution in [0.3, 0.4) is 0 Å². The van der Waals surface area contributed by atoms with E-state index in [0.29, 0.717) is 5.82 Å². The molecular formula is C20H16F3N3O. The van der Waals surface area contributed by atoms with Crippen LogP contribution >= 0.6 is 0 Å². The van der Waals surface area contributed by atoms with E-state index in [1.165, 1.54) is 30.5 Å². The lowest BCUT2D eigenvalue weighted by Gasteiger charge is -2.18. The smallest absolute Gasteiger partial charge is 0.329 e. The maximum absolute atomic E-state index is 13.0. The van der Waals surface area contributed by atoms with Crippen molar-refractivity contribution in [1.82, 2.24) is 4.98 Å². The fraction of sp³-hybridized carbons (Fsp3) is 0.100. The van der Waals surface area contributed by atoms with E-state index in [9.17, 15) is 18.0 Å². The van der Waals surface area contributed by atoms with Crippen LogP contribution in [0.25, 0.3) is 0 Å². The highest BCUT2D eigenvalue weighted by molar-refractivity contribution is 6.04. The van der Waals surface area contributed by atoms with Gasteiger partial charge in [-0.15, -0.1) is 0 Å². The summed E-state index contributed by atoms with van der Waals surface area (Å²) in [6.07, 6.45) is -3.22. The van der Waals surface area contributed by atoms with Crippen LogP contribution in [0.4, 0.5) is 30.4 Å². The van der Waals surface area contributed by atoms with Crippen molar-refractivity contribution in [2.45, 2.75) is 6.18 Å². The Labute approximate surface area is 154 Å². The Balaban J connectivity index is 1.77. The summed E-state index contributed by atoms with van der Waals surface area (Å²) in [5.74, 6) is -0.0541. The summed E-state index contributed by atoms with van der Waals surface area (Å²) in [7, 11) is 1.83. The molecule has 7 heteroatoms. The third-order valence-corrected chi connectivity index (χ3v) is 3.98. The third kappa shape index (κ3) is 4.25. The second-order valence-electron chi connectivity index (χ2n) is 5.80. The Morgan fingerprint density at radius 1 is 0.963 bits per heavy atom. The van der Waals surface area contributed by atoms with Crippen LogP contribution in [0.15, 0.2) is 72.9 Å². The Bertz CT molecular complexity index is 925. The van der Waals surface area contributed by atoms with Crippen molar-refractivity contribution >= 4 is 23.1 Å². The predicted octanol–water partition coefficient (Wildman–Crippen LogP) is 5.12. The number of carbonyl (C=O) groups is 1. The van der Waals surface area contributed by atoms with Gasteiger partial charge in [-0.2, -0.15) is 13.2 Å². The summed E-state index contributed by atoms with van der Waals surface area (Å²) in [5, 5.41) is 2.30. The van der Waals surface area contributed by atoms with Gasteiger partial charge in [-0.25, -0.2) is 4.98 Å². The van der Waals surface area contributed by atoms with Gasteiger partial charge in [0.1, 0.15) is 5.82 Å². The SMILES string of the molecule is CN(c1ccccc1)c1ccc(C(=O)Nc2ccccc2C(F)(F)F)cn1. The second-order valence-corrected chi connectivity index (χ2v) is 5.80. The highest BCUT2D eigenvalue weighted by atomic mass is 19.4. The van der Waals surface area contributed by atoms with E-state index >= 15 is 0 Å². The number of hydrogen-bond donors (Lipinski definition) is 1. The number of alkyl halides is 3. The third-order valence-electron chi connectivity index (χ3n) is 3.98. The van der Waals surface area contributed by atoms with E-state index in [0.717, 1.165) is 11.8 Å². The lowest BCUT2D eigenvalue weighted by molar-refractivity contribution is -0.136. The monoisotopic (exact) mass is 371 g/mol. The van der Waals surface area contributed by atoms with E-state index in [2.05, 4.69) is 10.3 Å². The Kier molecular flexibility index (Phi) is 5.12. The molecule has 0 spiro atoms. The zero-order valence-corrected chi connectivity index (χ0v) is 14.4. The molecule has 0 aliphatic rings. The Morgan fingerprint density at radius 3 is 2.26 bits per heavy atom. The molecule has 2 aromatic carbocycles. The lowest BCUT2D eigenvalue weighted by atomic mass is 10.1. The second kappa shape index (κ2) is 7.49. The molecule has 1 N–H and O–H groups in total. The summed E-state index contributed by atoms with van der Waals surface area (Å²) in [6, 6.07) is 17.5. The maximum Gasteiger partial charge on any atom is 0.418 e. The lowest BCUT2D eigenvalue weighted by Crippen LogP contribution is -2.17. The van der Waals surface area contributed by atoms with Gasteiger partial charge in [-0.05, 0) is 36.4 Å². The first-order valence-corrected chi connectivity index (χ1v) is 8.08. The number of benzene rings is 2. The molecule has 3 rings (SSSR count). The minimum atomic E-state index is -4.55. The molecule has 0 atom stereocenters. The van der Waals surface area contributed by atoms with Crippen LogP contribution in [-0.2, 0) is 6.18 Å². The van der Waals surface area contributed by atoms with E-state index in [1.807, 2.05) is 42.3 Å². The first kappa shape index (κ1) is 18.4. The molecule has 0 fully saturated rings. The molecule has 0 aliphatic heterocycles. The largest absolute Gasteiger partial charge is 0.418 e. The van der Waals surface area contributed by atoms with Crippen molar-refractivity contribution in [1.29, 1.82) is 0 Å². The molecule has 27 heavy (non-hydrogen) atoms. The van der Waals surface area contributed by atoms with E-state index < -0.39 is 17.6 Å². The van der Waals surface area contributed by atoms with Crippen molar-refractivity contribution in [3.8, 4) is 0 Å². The summed E-state index contributed by atoms with van der Waals surface area (Å²) in [6.45, 7) is 0. The van der Waals surface area contributed by atoms with E-state index in [-0.39, 0.29) is 11.3 Å². The average molecular weight is 371 g/mol. The van der Waals surface area contributed by atoms with Gasteiger partial charge >= 0.3 is 6.18 Å². The first-order valence-electron chi connectivity index (χ1n) is 8.08. The quantitative estimate of drug-likeness (QED) is 0.692. The number of amides is 1. The molecule has 0 saturated carbocycles. The fourth-order valence-corrected chi connectivity index (χ4v) is 2.54. The van der Waals surface area contributed by atoms with Gasteiger partial charge in [0, 0.05) is 18.9 Å². The molecule has 0 aliphatic carbocycles. The molecule has 0 bridgehead atoms. The number of carbonyl (C=O) groups excluding carboxylic acids is 1. The standard InChI is InChI=1S/C20H16F3N3O/c1-26(15-7-3-2-4-8-15)18-12-11-14(13-24-18)19(27)25-17-10-6-5-9-16(17)20(21,22)23/h2-13H,1H3,(H,25,27). The molecule has 0 saturated heterocycles. The number of rotatable bonds is 4. The molecule has 1 aromatic heterocycles. The number of para-hydroxylation sites is 2. The zero-order valence-electron chi connectivity index (χ0n) is 14.4. The number of nitrogens with one attached hydrogen (secondary N) is 1. The van der Waals surface area contributed by atoms with Gasteiger partial charge in [0.05, 0.1) is 16.8 Å². The van der Waals surface area contributed by atoms with Gasteiger partial charge in [0.25, 0.3) is 5.91 Å². The van der Waals surface area contributed by atoms with E-state index in [1.54, 1.807) is 6.07 Å². The topological polar surface area (TPSA) is 45.2 Å². The number of halogens is 3. The zero-order chi connectivity index (χ0) is 19.4. The minimum absolute atomic E-state index is 0.164. The summed E-state index contributed by atoms with van der Waals surface area (Å²) in [5.41, 5.74) is -0.106. The van der Waals surface area contributed by atoms with Crippen LogP contribution in [0.2, 0.25) is 0 Å². The molecule has 0 unspecified atom stereocenters. The molecule has 1 amide bonds. The average Bonchev–Trinajstić information content (AvgIpc) is 2.68. The van der Waals surface area contributed by atoms with E-state index in [4.69, 9.17) is 0 Å². The van der Waals surface area contributed by atoms with Crippen molar-refractivity contribution < 1.29 is 18.0 Å². The summed E-state index contributed by atoms with van der Waals surface area (Å²) in [4.78, 5) is 18.4. The van der Waals surface area contributed by atoms with Gasteiger partial charge < -0.3 is 10.2 Å². The van der Waals surface area contributed by atoms with Gasteiger partial charge in [-0.3, -0.25) is 4.79 Å². The number of aromatic nitrogens is 1. The summed E-state index contributed by atoms with van der Waals surface area (Å²) < 4.78 is 39.1. The fourth-order valence-electron chi connectivity index (χ4n) is 2.54.